The maximum Gasteiger partial charge on any atom is 0.137 e. The molecule has 1 aromatic carbocycles. The zero-order chi connectivity index (χ0) is 17.3. The summed E-state index contributed by atoms with van der Waals surface area (Å²) in [5.41, 5.74) is 3.73. The fraction of sp³-hybridized carbons (Fsp3) is 0.304. The number of anilines is 3. The third-order valence-corrected chi connectivity index (χ3v) is 6.12. The van der Waals surface area contributed by atoms with Crippen LogP contribution in [0.25, 0.3) is 0 Å². The van der Waals surface area contributed by atoms with Gasteiger partial charge in [-0.1, -0.05) is 24.6 Å². The minimum Gasteiger partial charge on any atom is -0.295 e. The number of hydrogen-bond donors (Lipinski definition) is 0. The SMILES string of the molecule is c1ccc(N(c2ccncc2)c2ccc(C3CC4CCC3C4)cc2)nc1. The Hall–Kier alpha value is -2.68. The molecule has 2 saturated carbocycles. The quantitative estimate of drug-likeness (QED) is 0.596. The minimum absolute atomic E-state index is 0.770. The van der Waals surface area contributed by atoms with E-state index in [4.69, 9.17) is 0 Å². The van der Waals surface area contributed by atoms with Crippen LogP contribution in [0.5, 0.6) is 0 Å². The standard InChI is InChI=1S/C23H23N3/c1-2-12-25-23(3-1)26(21-10-13-24-14-11-21)20-8-6-18(7-9-20)22-16-17-4-5-19(22)15-17/h1-3,6-14,17,19,22H,4-5,15-16H2. The number of fused-ring (bicyclic) bond motifs is 2. The van der Waals surface area contributed by atoms with Gasteiger partial charge in [-0.05, 0) is 79.0 Å². The van der Waals surface area contributed by atoms with Crippen LogP contribution in [0, 0.1) is 11.8 Å². The van der Waals surface area contributed by atoms with Gasteiger partial charge in [-0.15, -0.1) is 0 Å². The van der Waals surface area contributed by atoms with Gasteiger partial charge in [0.15, 0.2) is 0 Å². The van der Waals surface area contributed by atoms with Crippen LogP contribution in [-0.4, -0.2) is 9.97 Å². The molecule has 3 unspecified atom stereocenters. The molecule has 2 aliphatic rings. The largest absolute Gasteiger partial charge is 0.295 e. The third kappa shape index (κ3) is 2.78. The van der Waals surface area contributed by atoms with Gasteiger partial charge in [0, 0.05) is 24.3 Å². The number of pyridine rings is 2. The van der Waals surface area contributed by atoms with E-state index >= 15 is 0 Å². The molecule has 3 heteroatoms. The minimum atomic E-state index is 0.770. The van der Waals surface area contributed by atoms with Gasteiger partial charge in [-0.3, -0.25) is 9.88 Å². The number of hydrogen-bond acceptors (Lipinski definition) is 3. The Kier molecular flexibility index (Phi) is 3.93. The lowest BCUT2D eigenvalue weighted by molar-refractivity contribution is 0.420. The van der Waals surface area contributed by atoms with Crippen LogP contribution < -0.4 is 4.90 Å². The van der Waals surface area contributed by atoms with E-state index in [1.54, 1.807) is 0 Å². The zero-order valence-electron chi connectivity index (χ0n) is 14.8. The summed E-state index contributed by atoms with van der Waals surface area (Å²) < 4.78 is 0. The maximum atomic E-state index is 4.57. The number of rotatable bonds is 4. The van der Waals surface area contributed by atoms with Gasteiger partial charge < -0.3 is 0 Å². The molecule has 2 fully saturated rings. The summed E-state index contributed by atoms with van der Waals surface area (Å²) in [6.45, 7) is 0. The van der Waals surface area contributed by atoms with Crippen LogP contribution in [0.15, 0.2) is 73.2 Å². The lowest BCUT2D eigenvalue weighted by Gasteiger charge is -2.26. The topological polar surface area (TPSA) is 29.0 Å². The van der Waals surface area contributed by atoms with Crippen molar-refractivity contribution in [2.24, 2.45) is 11.8 Å². The molecule has 5 rings (SSSR count). The molecule has 26 heavy (non-hydrogen) atoms. The Bertz CT molecular complexity index is 821. The van der Waals surface area contributed by atoms with Gasteiger partial charge >= 0.3 is 0 Å². The van der Waals surface area contributed by atoms with Crippen molar-refractivity contribution in [3.8, 4) is 0 Å². The van der Waals surface area contributed by atoms with E-state index < -0.39 is 0 Å². The molecule has 130 valence electrons. The average Bonchev–Trinajstić information content (AvgIpc) is 3.34. The molecule has 2 aliphatic carbocycles. The first kappa shape index (κ1) is 15.6. The molecular weight excluding hydrogens is 318 g/mol. The summed E-state index contributed by atoms with van der Waals surface area (Å²) in [4.78, 5) is 10.9. The molecule has 3 atom stereocenters. The molecule has 2 bridgehead atoms. The monoisotopic (exact) mass is 341 g/mol. The van der Waals surface area contributed by atoms with Gasteiger partial charge in [0.2, 0.25) is 0 Å². The van der Waals surface area contributed by atoms with Crippen molar-refractivity contribution >= 4 is 17.2 Å². The molecule has 0 amide bonds. The van der Waals surface area contributed by atoms with Gasteiger partial charge in [-0.25, -0.2) is 4.98 Å². The van der Waals surface area contributed by atoms with Crippen molar-refractivity contribution in [3.63, 3.8) is 0 Å². The molecule has 2 aromatic heterocycles. The maximum absolute atomic E-state index is 4.57. The van der Waals surface area contributed by atoms with Crippen molar-refractivity contribution in [3.05, 3.63) is 78.8 Å². The van der Waals surface area contributed by atoms with Crippen LogP contribution in [0.3, 0.4) is 0 Å². The van der Waals surface area contributed by atoms with Crippen LogP contribution in [0.2, 0.25) is 0 Å². The Morgan fingerprint density at radius 3 is 2.23 bits per heavy atom. The Morgan fingerprint density at radius 2 is 1.58 bits per heavy atom. The van der Waals surface area contributed by atoms with E-state index in [2.05, 4.69) is 39.1 Å². The van der Waals surface area contributed by atoms with E-state index in [-0.39, 0.29) is 0 Å². The van der Waals surface area contributed by atoms with Crippen molar-refractivity contribution in [1.29, 1.82) is 0 Å². The van der Waals surface area contributed by atoms with E-state index in [0.717, 1.165) is 34.9 Å². The Labute approximate surface area is 154 Å². The molecule has 0 aliphatic heterocycles. The normalized spacial score (nSPS) is 23.9. The number of aromatic nitrogens is 2. The summed E-state index contributed by atoms with van der Waals surface area (Å²) in [6, 6.07) is 19.2. The second kappa shape index (κ2) is 6.56. The first-order chi connectivity index (χ1) is 12.9. The number of benzene rings is 1. The molecular formula is C23H23N3. The molecule has 0 spiro atoms. The van der Waals surface area contributed by atoms with Gasteiger partial charge in [0.1, 0.15) is 5.82 Å². The first-order valence-electron chi connectivity index (χ1n) is 9.59. The van der Waals surface area contributed by atoms with Crippen LogP contribution in [0.1, 0.15) is 37.2 Å². The predicted molar refractivity (Wildman–Crippen MR) is 105 cm³/mol. The van der Waals surface area contributed by atoms with Crippen LogP contribution in [-0.2, 0) is 0 Å². The first-order valence-corrected chi connectivity index (χ1v) is 9.59. The average molecular weight is 341 g/mol. The summed E-state index contributed by atoms with van der Waals surface area (Å²) in [7, 11) is 0. The third-order valence-electron chi connectivity index (χ3n) is 6.12. The second-order valence-electron chi connectivity index (χ2n) is 7.60. The Morgan fingerprint density at radius 1 is 0.769 bits per heavy atom. The van der Waals surface area contributed by atoms with Gasteiger partial charge in [0.25, 0.3) is 0 Å². The van der Waals surface area contributed by atoms with E-state index in [1.165, 1.54) is 31.2 Å². The summed E-state index contributed by atoms with van der Waals surface area (Å²) in [5, 5.41) is 0. The van der Waals surface area contributed by atoms with E-state index in [9.17, 15) is 0 Å². The van der Waals surface area contributed by atoms with E-state index in [1.807, 2.05) is 48.9 Å². The lowest BCUT2D eigenvalue weighted by atomic mass is 9.83. The smallest absolute Gasteiger partial charge is 0.137 e. The van der Waals surface area contributed by atoms with Crippen molar-refractivity contribution < 1.29 is 0 Å². The second-order valence-corrected chi connectivity index (χ2v) is 7.60. The summed E-state index contributed by atoms with van der Waals surface area (Å²) in [6.07, 6.45) is 11.2. The van der Waals surface area contributed by atoms with E-state index in [0.29, 0.717) is 0 Å². The Balaban J connectivity index is 1.49. The lowest BCUT2D eigenvalue weighted by Crippen LogP contribution is -2.12. The molecule has 0 radical (unpaired) electrons. The van der Waals surface area contributed by atoms with Crippen molar-refractivity contribution in [1.82, 2.24) is 9.97 Å². The van der Waals surface area contributed by atoms with Gasteiger partial charge in [0.05, 0.1) is 5.69 Å². The molecule has 0 saturated heterocycles. The van der Waals surface area contributed by atoms with Crippen molar-refractivity contribution in [2.45, 2.75) is 31.6 Å². The molecule has 2 heterocycles. The highest BCUT2D eigenvalue weighted by atomic mass is 15.2. The van der Waals surface area contributed by atoms with Crippen LogP contribution >= 0.6 is 0 Å². The summed E-state index contributed by atoms with van der Waals surface area (Å²) in [5.74, 6) is 3.59. The highest BCUT2D eigenvalue weighted by Gasteiger charge is 2.39. The fourth-order valence-corrected chi connectivity index (χ4v) is 4.92. The zero-order valence-corrected chi connectivity index (χ0v) is 14.8. The number of nitrogens with zero attached hydrogens (tertiary/aromatic N) is 3. The molecule has 3 nitrogen and oxygen atoms in total. The highest BCUT2D eigenvalue weighted by Crippen LogP contribution is 2.53. The summed E-state index contributed by atoms with van der Waals surface area (Å²) >= 11 is 0. The highest BCUT2D eigenvalue weighted by molar-refractivity contribution is 5.74. The fourth-order valence-electron chi connectivity index (χ4n) is 4.92. The molecule has 0 N–H and O–H groups in total. The predicted octanol–water partition coefficient (Wildman–Crippen LogP) is 5.85. The van der Waals surface area contributed by atoms with Gasteiger partial charge in [-0.2, -0.15) is 0 Å². The van der Waals surface area contributed by atoms with Crippen LogP contribution in [0.4, 0.5) is 17.2 Å². The molecule has 3 aromatic rings. The van der Waals surface area contributed by atoms with Crippen molar-refractivity contribution in [2.75, 3.05) is 4.90 Å².